The average Bonchev–Trinajstić information content (AvgIpc) is 2.40. The number of nitrogen functional groups attached to an aromatic ring is 1. The highest BCUT2D eigenvalue weighted by Crippen LogP contribution is 2.15. The van der Waals surface area contributed by atoms with Gasteiger partial charge in [-0.3, -0.25) is 10.2 Å². The Balaban J connectivity index is 2.49. The molecule has 1 heterocycles. The molecule has 0 fully saturated rings. The number of ether oxygens (including phenoxy) is 1. The molecule has 0 atom stereocenters. The molecule has 104 valence electrons. The van der Waals surface area contributed by atoms with E-state index in [1.54, 1.807) is 11.6 Å². The lowest BCUT2D eigenvalue weighted by Gasteiger charge is -2.11. The Morgan fingerprint density at radius 1 is 1.40 bits per heavy atom. The van der Waals surface area contributed by atoms with Gasteiger partial charge >= 0.3 is 0 Å². The van der Waals surface area contributed by atoms with Gasteiger partial charge in [-0.25, -0.2) is 4.68 Å². The van der Waals surface area contributed by atoms with Crippen molar-refractivity contribution < 1.29 is 4.74 Å². The monoisotopic (exact) mass is 272 g/mol. The highest BCUT2D eigenvalue weighted by atomic mass is 16.5. The molecule has 0 radical (unpaired) electrons. The number of aromatic nitrogens is 2. The lowest BCUT2D eigenvalue weighted by Crippen LogP contribution is -2.27. The van der Waals surface area contributed by atoms with Gasteiger partial charge in [0.05, 0.1) is 12.3 Å². The van der Waals surface area contributed by atoms with Crippen molar-refractivity contribution >= 4 is 5.84 Å². The van der Waals surface area contributed by atoms with Crippen LogP contribution in [0.3, 0.4) is 0 Å². The summed E-state index contributed by atoms with van der Waals surface area (Å²) in [6.45, 7) is 4.29. The summed E-state index contributed by atoms with van der Waals surface area (Å²) < 4.78 is 6.95. The second-order valence-corrected chi connectivity index (χ2v) is 4.25. The molecule has 0 unspecified atom stereocenters. The molecule has 0 saturated heterocycles. The predicted molar refractivity (Wildman–Crippen MR) is 76.8 cm³/mol. The third-order valence-corrected chi connectivity index (χ3v) is 2.75. The van der Waals surface area contributed by atoms with Crippen molar-refractivity contribution in [1.82, 2.24) is 9.78 Å². The molecular weight excluding hydrogens is 256 g/mol. The molecule has 0 spiro atoms. The molecule has 6 heteroatoms. The third-order valence-electron chi connectivity index (χ3n) is 2.75. The number of rotatable bonds is 4. The molecule has 2 aromatic rings. The molecule has 0 saturated carbocycles. The second kappa shape index (κ2) is 5.56. The van der Waals surface area contributed by atoms with Gasteiger partial charge in [-0.05, 0) is 38.1 Å². The number of aryl methyl sites for hydroxylation is 1. The van der Waals surface area contributed by atoms with Crippen LogP contribution in [0.2, 0.25) is 0 Å². The highest BCUT2D eigenvalue weighted by Gasteiger charge is 2.09. The molecule has 0 aliphatic heterocycles. The maximum atomic E-state index is 11.7. The third kappa shape index (κ3) is 2.69. The topological polar surface area (TPSA) is 94.0 Å². The first-order valence-corrected chi connectivity index (χ1v) is 6.21. The summed E-state index contributed by atoms with van der Waals surface area (Å²) in [5, 5.41) is 11.5. The Morgan fingerprint density at radius 2 is 2.05 bits per heavy atom. The number of hydrogen-bond acceptors (Lipinski definition) is 4. The summed E-state index contributed by atoms with van der Waals surface area (Å²) >= 11 is 0. The molecular formula is C14H16N4O2. The van der Waals surface area contributed by atoms with Crippen molar-refractivity contribution in [2.75, 3.05) is 6.61 Å². The standard InChI is InChI=1S/C14H16N4O2/c1-3-20-11-6-4-10(5-7-11)18-9(2)8-12(19)13(17-18)14(15)16/h4-8H,3H2,1-2H3,(H3,15,16). The zero-order valence-corrected chi connectivity index (χ0v) is 11.4. The molecule has 1 aromatic carbocycles. The summed E-state index contributed by atoms with van der Waals surface area (Å²) in [5.74, 6) is 0.427. The van der Waals surface area contributed by atoms with Crippen molar-refractivity contribution in [3.05, 3.63) is 51.9 Å². The van der Waals surface area contributed by atoms with E-state index in [2.05, 4.69) is 5.10 Å². The number of nitrogens with zero attached hydrogens (tertiary/aromatic N) is 2. The first-order valence-electron chi connectivity index (χ1n) is 6.21. The van der Waals surface area contributed by atoms with Gasteiger partial charge in [-0.1, -0.05) is 0 Å². The fraction of sp³-hybridized carbons (Fsp3) is 0.214. The minimum atomic E-state index is -0.350. The molecule has 20 heavy (non-hydrogen) atoms. The van der Waals surface area contributed by atoms with E-state index in [0.717, 1.165) is 11.4 Å². The van der Waals surface area contributed by atoms with Crippen molar-refractivity contribution in [3.8, 4) is 11.4 Å². The van der Waals surface area contributed by atoms with Crippen molar-refractivity contribution in [2.45, 2.75) is 13.8 Å². The van der Waals surface area contributed by atoms with E-state index in [1.165, 1.54) is 6.07 Å². The van der Waals surface area contributed by atoms with Gasteiger partial charge in [0.1, 0.15) is 11.6 Å². The van der Waals surface area contributed by atoms with Crippen LogP contribution in [0.1, 0.15) is 18.3 Å². The largest absolute Gasteiger partial charge is 0.494 e. The number of hydrogen-bond donors (Lipinski definition) is 2. The maximum Gasteiger partial charge on any atom is 0.211 e. The summed E-state index contributed by atoms with van der Waals surface area (Å²) in [7, 11) is 0. The van der Waals surface area contributed by atoms with E-state index in [4.69, 9.17) is 15.9 Å². The van der Waals surface area contributed by atoms with Crippen LogP contribution in [-0.4, -0.2) is 22.2 Å². The molecule has 3 N–H and O–H groups in total. The lowest BCUT2D eigenvalue weighted by molar-refractivity contribution is 0.340. The Labute approximate surface area is 116 Å². The molecule has 1 aromatic heterocycles. The SMILES string of the molecule is CCOc1ccc(-n2nc(C(=N)N)c(=O)cc2C)cc1. The van der Waals surface area contributed by atoms with Crippen molar-refractivity contribution in [3.63, 3.8) is 0 Å². The Bertz CT molecular complexity index is 689. The van der Waals surface area contributed by atoms with Gasteiger partial charge < -0.3 is 10.5 Å². The molecule has 0 aliphatic carbocycles. The van der Waals surface area contributed by atoms with Gasteiger partial charge in [0.15, 0.2) is 5.69 Å². The lowest BCUT2D eigenvalue weighted by atomic mass is 10.2. The quantitative estimate of drug-likeness (QED) is 0.646. The van der Waals surface area contributed by atoms with Crippen LogP contribution in [0.25, 0.3) is 5.69 Å². The molecule has 6 nitrogen and oxygen atoms in total. The van der Waals surface area contributed by atoms with Crippen LogP contribution in [0.15, 0.2) is 35.1 Å². The molecule has 0 bridgehead atoms. The van der Waals surface area contributed by atoms with E-state index in [0.29, 0.717) is 12.3 Å². The molecule has 2 rings (SSSR count). The average molecular weight is 272 g/mol. The van der Waals surface area contributed by atoms with Gasteiger partial charge in [0.25, 0.3) is 0 Å². The fourth-order valence-corrected chi connectivity index (χ4v) is 1.85. The summed E-state index contributed by atoms with van der Waals surface area (Å²) in [6, 6.07) is 8.73. The van der Waals surface area contributed by atoms with Crippen molar-refractivity contribution in [2.24, 2.45) is 5.73 Å². The molecule has 0 amide bonds. The first kappa shape index (κ1) is 13.8. The number of benzene rings is 1. The van der Waals surface area contributed by atoms with E-state index in [1.807, 2.05) is 31.2 Å². The smallest absolute Gasteiger partial charge is 0.211 e. The normalized spacial score (nSPS) is 10.3. The van der Waals surface area contributed by atoms with E-state index < -0.39 is 0 Å². The zero-order chi connectivity index (χ0) is 14.7. The van der Waals surface area contributed by atoms with Crippen LogP contribution < -0.4 is 15.9 Å². The Morgan fingerprint density at radius 3 is 2.60 bits per heavy atom. The van der Waals surface area contributed by atoms with Crippen molar-refractivity contribution in [1.29, 1.82) is 5.41 Å². The number of amidine groups is 1. The van der Waals surface area contributed by atoms with Gasteiger partial charge in [0, 0.05) is 11.8 Å². The number of nitrogens with one attached hydrogen (secondary N) is 1. The Kier molecular flexibility index (Phi) is 3.84. The first-order chi connectivity index (χ1) is 9.52. The number of nitrogens with two attached hydrogens (primary N) is 1. The minimum Gasteiger partial charge on any atom is -0.494 e. The van der Waals surface area contributed by atoms with E-state index in [-0.39, 0.29) is 17.0 Å². The molecule has 0 aliphatic rings. The van der Waals surface area contributed by atoms with Gasteiger partial charge in [0.2, 0.25) is 5.43 Å². The second-order valence-electron chi connectivity index (χ2n) is 4.25. The van der Waals surface area contributed by atoms with Crippen LogP contribution in [0, 0.1) is 12.3 Å². The van der Waals surface area contributed by atoms with Crippen LogP contribution in [-0.2, 0) is 0 Å². The van der Waals surface area contributed by atoms with Crippen LogP contribution in [0.5, 0.6) is 5.75 Å². The summed E-state index contributed by atoms with van der Waals surface area (Å²) in [5.41, 5.74) is 6.40. The fourth-order valence-electron chi connectivity index (χ4n) is 1.85. The van der Waals surface area contributed by atoms with E-state index >= 15 is 0 Å². The summed E-state index contributed by atoms with van der Waals surface area (Å²) in [4.78, 5) is 11.7. The maximum absolute atomic E-state index is 11.7. The van der Waals surface area contributed by atoms with Gasteiger partial charge in [-0.2, -0.15) is 5.10 Å². The summed E-state index contributed by atoms with van der Waals surface area (Å²) in [6.07, 6.45) is 0. The van der Waals surface area contributed by atoms with E-state index in [9.17, 15) is 4.79 Å². The van der Waals surface area contributed by atoms with Crippen LogP contribution >= 0.6 is 0 Å². The minimum absolute atomic E-state index is 0.0514. The highest BCUT2D eigenvalue weighted by molar-refractivity contribution is 5.92. The predicted octanol–water partition coefficient (Wildman–Crippen LogP) is 1.22. The Hall–Kier alpha value is -2.63. The van der Waals surface area contributed by atoms with Crippen LogP contribution in [0.4, 0.5) is 0 Å². The van der Waals surface area contributed by atoms with Gasteiger partial charge in [-0.15, -0.1) is 0 Å². The zero-order valence-electron chi connectivity index (χ0n) is 11.4.